The molecule has 0 heterocycles. The highest BCUT2D eigenvalue weighted by atomic mass is 14.5. The summed E-state index contributed by atoms with van der Waals surface area (Å²) < 4.78 is 0. The Labute approximate surface area is 60.0 Å². The van der Waals surface area contributed by atoms with Crippen LogP contribution in [0.25, 0.3) is 0 Å². The van der Waals surface area contributed by atoms with E-state index in [4.69, 9.17) is 11.0 Å². The normalized spacial score (nSPS) is 16.7. The Morgan fingerprint density at radius 1 is 1.40 bits per heavy atom. The fourth-order valence-corrected chi connectivity index (χ4v) is 0.727. The third-order valence-corrected chi connectivity index (χ3v) is 1.28. The third-order valence-electron chi connectivity index (χ3n) is 1.28. The van der Waals surface area contributed by atoms with Crippen molar-refractivity contribution >= 4 is 0 Å². The molecule has 0 atom stereocenters. The molecule has 0 aromatic heterocycles. The quantitative estimate of drug-likeness (QED) is 0.539. The lowest BCUT2D eigenvalue weighted by atomic mass is 10.2. The van der Waals surface area contributed by atoms with Crippen molar-refractivity contribution in [1.29, 1.82) is 5.26 Å². The van der Waals surface area contributed by atoms with E-state index in [1.165, 1.54) is 0 Å². The molecule has 0 amide bonds. The minimum absolute atomic E-state index is 0.678. The van der Waals surface area contributed by atoms with E-state index in [1.807, 2.05) is 18.2 Å². The number of nitrogens with zero attached hydrogens (tertiary/aromatic N) is 1. The van der Waals surface area contributed by atoms with Crippen LogP contribution in [0.15, 0.2) is 35.6 Å². The van der Waals surface area contributed by atoms with Gasteiger partial charge >= 0.3 is 0 Å². The molecule has 1 aliphatic rings. The van der Waals surface area contributed by atoms with E-state index in [9.17, 15) is 0 Å². The van der Waals surface area contributed by atoms with Crippen molar-refractivity contribution in [3.63, 3.8) is 0 Å². The van der Waals surface area contributed by atoms with Crippen LogP contribution in [0.2, 0.25) is 0 Å². The van der Waals surface area contributed by atoms with E-state index in [-0.39, 0.29) is 0 Å². The van der Waals surface area contributed by atoms with Crippen LogP contribution in [0, 0.1) is 11.3 Å². The number of rotatable bonds is 0. The van der Waals surface area contributed by atoms with E-state index in [2.05, 4.69) is 0 Å². The highest BCUT2D eigenvalue weighted by Gasteiger charge is 1.92. The van der Waals surface area contributed by atoms with Gasteiger partial charge in [-0.15, -0.1) is 0 Å². The molecule has 0 aromatic carbocycles. The highest BCUT2D eigenvalue weighted by molar-refractivity contribution is 5.38. The first kappa shape index (κ1) is 6.63. The van der Waals surface area contributed by atoms with Crippen molar-refractivity contribution in [3.05, 3.63) is 35.6 Å². The molecule has 0 saturated carbocycles. The molecule has 0 spiro atoms. The molecule has 0 unspecified atom stereocenters. The molecule has 2 N–H and O–H groups in total. The predicted molar refractivity (Wildman–Crippen MR) is 39.7 cm³/mol. The maximum atomic E-state index is 8.47. The summed E-state index contributed by atoms with van der Waals surface area (Å²) in [6, 6.07) is 2.05. The molecule has 0 fully saturated rings. The first-order valence-electron chi connectivity index (χ1n) is 3.07. The molecular formula is C8H8N2. The third kappa shape index (κ3) is 1.49. The van der Waals surface area contributed by atoms with Crippen LogP contribution in [0.3, 0.4) is 0 Å². The van der Waals surface area contributed by atoms with Crippen molar-refractivity contribution < 1.29 is 0 Å². The molecular weight excluding hydrogens is 124 g/mol. The fourth-order valence-electron chi connectivity index (χ4n) is 0.727. The van der Waals surface area contributed by atoms with Crippen LogP contribution in [0.5, 0.6) is 0 Å². The van der Waals surface area contributed by atoms with E-state index in [0.717, 1.165) is 12.1 Å². The van der Waals surface area contributed by atoms with Gasteiger partial charge in [-0.25, -0.2) is 0 Å². The lowest BCUT2D eigenvalue weighted by Gasteiger charge is -1.84. The maximum absolute atomic E-state index is 8.47. The molecule has 0 bridgehead atoms. The Bertz CT molecular complexity index is 251. The Kier molecular flexibility index (Phi) is 1.91. The number of nitriles is 1. The van der Waals surface area contributed by atoms with Gasteiger partial charge in [0, 0.05) is 11.3 Å². The monoisotopic (exact) mass is 132 g/mol. The Morgan fingerprint density at radius 2 is 2.20 bits per heavy atom. The van der Waals surface area contributed by atoms with Crippen LogP contribution in [0.4, 0.5) is 0 Å². The fraction of sp³-hybridized carbons (Fsp3) is 0.125. The zero-order valence-electron chi connectivity index (χ0n) is 5.54. The van der Waals surface area contributed by atoms with E-state index in [1.54, 1.807) is 12.2 Å². The Morgan fingerprint density at radius 3 is 2.90 bits per heavy atom. The van der Waals surface area contributed by atoms with Gasteiger partial charge in [-0.1, -0.05) is 12.2 Å². The second kappa shape index (κ2) is 2.88. The number of hydrogen-bond acceptors (Lipinski definition) is 2. The summed E-state index contributed by atoms with van der Waals surface area (Å²) >= 11 is 0. The van der Waals surface area contributed by atoms with Crippen LogP contribution in [-0.4, -0.2) is 0 Å². The Balaban J connectivity index is 2.82. The minimum atomic E-state index is 0.678. The highest BCUT2D eigenvalue weighted by Crippen LogP contribution is 2.05. The van der Waals surface area contributed by atoms with Crippen LogP contribution >= 0.6 is 0 Å². The van der Waals surface area contributed by atoms with Gasteiger partial charge in [0.1, 0.15) is 0 Å². The van der Waals surface area contributed by atoms with Crippen molar-refractivity contribution in [2.45, 2.75) is 6.42 Å². The average molecular weight is 132 g/mol. The van der Waals surface area contributed by atoms with Gasteiger partial charge in [0.2, 0.25) is 0 Å². The summed E-state index contributed by atoms with van der Waals surface area (Å²) in [5, 5.41) is 8.47. The summed E-state index contributed by atoms with van der Waals surface area (Å²) in [7, 11) is 0. The predicted octanol–water partition coefficient (Wildman–Crippen LogP) is 1.24. The van der Waals surface area contributed by atoms with Crippen LogP contribution < -0.4 is 5.73 Å². The molecule has 1 aliphatic carbocycles. The molecule has 0 aromatic rings. The number of nitrogens with two attached hydrogens (primary N) is 1. The summed E-state index contributed by atoms with van der Waals surface area (Å²) in [5.41, 5.74) is 6.88. The summed E-state index contributed by atoms with van der Waals surface area (Å²) in [6.07, 6.45) is 7.93. The first-order valence-corrected chi connectivity index (χ1v) is 3.07. The van der Waals surface area contributed by atoms with Gasteiger partial charge in [-0.2, -0.15) is 5.26 Å². The average Bonchev–Trinajstić information content (AvgIpc) is 2.14. The molecule has 10 heavy (non-hydrogen) atoms. The van der Waals surface area contributed by atoms with Gasteiger partial charge < -0.3 is 5.73 Å². The maximum Gasteiger partial charge on any atom is 0.0988 e. The smallest absolute Gasteiger partial charge is 0.0988 e. The largest absolute Gasteiger partial charge is 0.399 e. The van der Waals surface area contributed by atoms with Gasteiger partial charge in [0.25, 0.3) is 0 Å². The number of hydrogen-bond donors (Lipinski definition) is 1. The van der Waals surface area contributed by atoms with Gasteiger partial charge in [-0.3, -0.25) is 0 Å². The van der Waals surface area contributed by atoms with Crippen LogP contribution in [0.1, 0.15) is 6.42 Å². The number of allylic oxidation sites excluding steroid dienone is 5. The van der Waals surface area contributed by atoms with Crippen molar-refractivity contribution in [1.82, 2.24) is 0 Å². The molecule has 2 heteroatoms. The van der Waals surface area contributed by atoms with Crippen LogP contribution in [-0.2, 0) is 0 Å². The van der Waals surface area contributed by atoms with Gasteiger partial charge in [-0.05, 0) is 18.6 Å². The summed E-state index contributed by atoms with van der Waals surface area (Å²) in [6.45, 7) is 0. The minimum Gasteiger partial charge on any atom is -0.399 e. The lowest BCUT2D eigenvalue weighted by Crippen LogP contribution is -1.90. The molecule has 0 aliphatic heterocycles. The zero-order valence-corrected chi connectivity index (χ0v) is 5.54. The van der Waals surface area contributed by atoms with Crippen molar-refractivity contribution in [2.24, 2.45) is 5.73 Å². The van der Waals surface area contributed by atoms with Crippen molar-refractivity contribution in [2.75, 3.05) is 0 Å². The second-order valence-corrected chi connectivity index (χ2v) is 2.04. The molecule has 0 saturated heterocycles. The van der Waals surface area contributed by atoms with E-state index < -0.39 is 0 Å². The molecule has 50 valence electrons. The molecule has 0 radical (unpaired) electrons. The zero-order chi connectivity index (χ0) is 7.40. The summed E-state index contributed by atoms with van der Waals surface area (Å²) in [4.78, 5) is 0. The standard InChI is InChI=1S/C8H8N2/c9-6-7-2-1-3-8(10)5-4-7/h2-5H,1,10H2. The Hall–Kier alpha value is -1.49. The topological polar surface area (TPSA) is 49.8 Å². The van der Waals surface area contributed by atoms with Gasteiger partial charge in [0.05, 0.1) is 6.07 Å². The molecule has 1 rings (SSSR count). The first-order chi connectivity index (χ1) is 4.83. The summed E-state index contributed by atoms with van der Waals surface area (Å²) in [5.74, 6) is 0. The lowest BCUT2D eigenvalue weighted by molar-refractivity contribution is 1.31. The van der Waals surface area contributed by atoms with Gasteiger partial charge in [0.15, 0.2) is 0 Å². The van der Waals surface area contributed by atoms with E-state index >= 15 is 0 Å². The molecule has 2 nitrogen and oxygen atoms in total. The second-order valence-electron chi connectivity index (χ2n) is 2.04. The van der Waals surface area contributed by atoms with Crippen molar-refractivity contribution in [3.8, 4) is 6.07 Å². The van der Waals surface area contributed by atoms with E-state index in [0.29, 0.717) is 5.57 Å². The SMILES string of the molecule is N#CC1=CCC=C(N)C=C1.